The van der Waals surface area contributed by atoms with Gasteiger partial charge in [0.25, 0.3) is 0 Å². The first-order chi connectivity index (χ1) is 9.20. The summed E-state index contributed by atoms with van der Waals surface area (Å²) < 4.78 is 17.4. The quantitative estimate of drug-likeness (QED) is 0.855. The number of hydrogen-bond acceptors (Lipinski definition) is 4. The predicted molar refractivity (Wildman–Crippen MR) is 70.2 cm³/mol. The lowest BCUT2D eigenvalue weighted by molar-refractivity contribution is 0.0477. The highest BCUT2D eigenvalue weighted by Gasteiger charge is 2.17. The van der Waals surface area contributed by atoms with E-state index in [-0.39, 0.29) is 22.8 Å². The standard InChI is InChI=1S/C13H12FNO3S/c14-7-6-10-11(19-13(17)15-10)12(16)18-8-9-4-2-1-3-5-9/h1-5H,6-8H2,(H,15,17). The minimum atomic E-state index is -0.633. The number of carbonyl (C=O) groups is 1. The van der Waals surface area contributed by atoms with Gasteiger partial charge in [-0.1, -0.05) is 41.7 Å². The number of aryl methyl sites for hydroxylation is 1. The van der Waals surface area contributed by atoms with Gasteiger partial charge in [0.2, 0.25) is 0 Å². The number of nitrogens with one attached hydrogen (secondary N) is 1. The monoisotopic (exact) mass is 281 g/mol. The van der Waals surface area contributed by atoms with E-state index in [1.165, 1.54) is 0 Å². The molecule has 0 radical (unpaired) electrons. The van der Waals surface area contributed by atoms with E-state index in [1.807, 2.05) is 30.3 Å². The van der Waals surface area contributed by atoms with E-state index < -0.39 is 12.6 Å². The predicted octanol–water partition coefficient (Wildman–Crippen LogP) is 2.31. The van der Waals surface area contributed by atoms with Crippen molar-refractivity contribution in [3.63, 3.8) is 0 Å². The highest BCUT2D eigenvalue weighted by Crippen LogP contribution is 2.13. The molecule has 1 heterocycles. The zero-order valence-electron chi connectivity index (χ0n) is 10.0. The van der Waals surface area contributed by atoms with Gasteiger partial charge in [0, 0.05) is 12.1 Å². The minimum Gasteiger partial charge on any atom is -0.457 e. The largest absolute Gasteiger partial charge is 0.457 e. The Morgan fingerprint density at radius 3 is 2.74 bits per heavy atom. The number of hydrogen-bond donors (Lipinski definition) is 1. The second kappa shape index (κ2) is 6.29. The first-order valence-corrected chi connectivity index (χ1v) is 6.51. The summed E-state index contributed by atoms with van der Waals surface area (Å²) >= 11 is 0.745. The molecule has 0 bridgehead atoms. The molecular weight excluding hydrogens is 269 g/mol. The second-order valence-corrected chi connectivity index (χ2v) is 4.81. The maximum atomic E-state index is 12.3. The van der Waals surface area contributed by atoms with Gasteiger partial charge in [-0.3, -0.25) is 9.18 Å². The average molecular weight is 281 g/mol. The van der Waals surface area contributed by atoms with Crippen molar-refractivity contribution >= 4 is 17.3 Å². The van der Waals surface area contributed by atoms with Crippen LogP contribution in [-0.2, 0) is 17.8 Å². The Morgan fingerprint density at radius 1 is 1.32 bits per heavy atom. The highest BCUT2D eigenvalue weighted by molar-refractivity contribution is 7.11. The normalized spacial score (nSPS) is 10.4. The molecule has 0 amide bonds. The Bertz CT molecular complexity index is 606. The zero-order valence-corrected chi connectivity index (χ0v) is 10.8. The van der Waals surface area contributed by atoms with Crippen LogP contribution in [0, 0.1) is 0 Å². The summed E-state index contributed by atoms with van der Waals surface area (Å²) in [7, 11) is 0. The average Bonchev–Trinajstić information content (AvgIpc) is 2.79. The van der Waals surface area contributed by atoms with Crippen LogP contribution < -0.4 is 4.87 Å². The topological polar surface area (TPSA) is 59.2 Å². The Hall–Kier alpha value is -1.95. The van der Waals surface area contributed by atoms with Gasteiger partial charge < -0.3 is 9.72 Å². The van der Waals surface area contributed by atoms with Crippen molar-refractivity contribution in [1.29, 1.82) is 0 Å². The van der Waals surface area contributed by atoms with Gasteiger partial charge in [-0.2, -0.15) is 0 Å². The van der Waals surface area contributed by atoms with E-state index in [0.29, 0.717) is 5.69 Å². The number of benzene rings is 1. The number of thiazole rings is 1. The Labute approximate surface area is 112 Å². The fourth-order valence-corrected chi connectivity index (χ4v) is 2.36. The maximum Gasteiger partial charge on any atom is 0.350 e. The molecule has 0 unspecified atom stereocenters. The number of ether oxygens (including phenoxy) is 1. The lowest BCUT2D eigenvalue weighted by atomic mass is 10.2. The molecule has 2 rings (SSSR count). The molecule has 1 aromatic heterocycles. The Morgan fingerprint density at radius 2 is 2.05 bits per heavy atom. The summed E-state index contributed by atoms with van der Waals surface area (Å²) in [5, 5.41) is 0. The fraction of sp³-hybridized carbons (Fsp3) is 0.231. The summed E-state index contributed by atoms with van der Waals surface area (Å²) in [6, 6.07) is 9.20. The van der Waals surface area contributed by atoms with Crippen molar-refractivity contribution in [2.24, 2.45) is 0 Å². The van der Waals surface area contributed by atoms with Gasteiger partial charge in [0.05, 0.1) is 6.67 Å². The first-order valence-electron chi connectivity index (χ1n) is 5.69. The highest BCUT2D eigenvalue weighted by atomic mass is 32.1. The van der Waals surface area contributed by atoms with E-state index in [1.54, 1.807) is 0 Å². The Balaban J connectivity index is 2.06. The van der Waals surface area contributed by atoms with Crippen molar-refractivity contribution in [2.75, 3.05) is 6.67 Å². The van der Waals surface area contributed by atoms with E-state index in [2.05, 4.69) is 4.98 Å². The number of aromatic nitrogens is 1. The van der Waals surface area contributed by atoms with Crippen LogP contribution in [0.25, 0.3) is 0 Å². The van der Waals surface area contributed by atoms with Gasteiger partial charge in [0.1, 0.15) is 11.5 Å². The SMILES string of the molecule is O=C(OCc1ccccc1)c1sc(=O)[nH]c1CCF. The van der Waals surface area contributed by atoms with Crippen molar-refractivity contribution in [3.8, 4) is 0 Å². The number of alkyl halides is 1. The summed E-state index contributed by atoms with van der Waals surface area (Å²) in [5.41, 5.74) is 1.15. The van der Waals surface area contributed by atoms with Gasteiger partial charge >= 0.3 is 10.8 Å². The van der Waals surface area contributed by atoms with Crippen LogP contribution in [-0.4, -0.2) is 17.6 Å². The minimum absolute atomic E-state index is 0.00844. The molecule has 0 aliphatic rings. The first kappa shape index (κ1) is 13.5. The Kier molecular flexibility index (Phi) is 4.46. The second-order valence-electron chi connectivity index (χ2n) is 3.82. The van der Waals surface area contributed by atoms with E-state index in [0.717, 1.165) is 16.9 Å². The van der Waals surface area contributed by atoms with Gasteiger partial charge in [0.15, 0.2) is 0 Å². The lowest BCUT2D eigenvalue weighted by Crippen LogP contribution is -2.06. The molecule has 19 heavy (non-hydrogen) atoms. The number of esters is 1. The number of carbonyl (C=O) groups excluding carboxylic acids is 1. The molecular formula is C13H12FNO3S. The zero-order chi connectivity index (χ0) is 13.7. The number of H-pyrrole nitrogens is 1. The van der Waals surface area contributed by atoms with Crippen molar-refractivity contribution < 1.29 is 13.9 Å². The summed E-state index contributed by atoms with van der Waals surface area (Å²) in [5.74, 6) is -0.601. The summed E-state index contributed by atoms with van der Waals surface area (Å²) in [6.07, 6.45) is 0.00844. The molecule has 1 aromatic carbocycles. The number of halogens is 1. The molecule has 0 spiro atoms. The van der Waals surface area contributed by atoms with Gasteiger partial charge in [-0.25, -0.2) is 4.79 Å². The third kappa shape index (κ3) is 3.51. The van der Waals surface area contributed by atoms with Crippen LogP contribution in [0.3, 0.4) is 0 Å². The smallest absolute Gasteiger partial charge is 0.350 e. The molecule has 0 saturated heterocycles. The molecule has 1 N–H and O–H groups in total. The van der Waals surface area contributed by atoms with Gasteiger partial charge in [-0.15, -0.1) is 0 Å². The van der Waals surface area contributed by atoms with Crippen molar-refractivity contribution in [1.82, 2.24) is 4.98 Å². The molecule has 100 valence electrons. The van der Waals surface area contributed by atoms with E-state index in [4.69, 9.17) is 4.74 Å². The van der Waals surface area contributed by atoms with Crippen molar-refractivity contribution in [3.05, 3.63) is 56.1 Å². The van der Waals surface area contributed by atoms with E-state index >= 15 is 0 Å². The molecule has 0 atom stereocenters. The molecule has 0 fully saturated rings. The van der Waals surface area contributed by atoms with Crippen LogP contribution in [0.4, 0.5) is 4.39 Å². The summed E-state index contributed by atoms with van der Waals surface area (Å²) in [6.45, 7) is -0.507. The summed E-state index contributed by atoms with van der Waals surface area (Å²) in [4.78, 5) is 25.2. The fourth-order valence-electron chi connectivity index (χ4n) is 1.58. The number of rotatable bonds is 5. The lowest BCUT2D eigenvalue weighted by Gasteiger charge is -2.04. The molecule has 2 aromatic rings. The molecule has 6 heteroatoms. The van der Waals surface area contributed by atoms with Crippen LogP contribution in [0.5, 0.6) is 0 Å². The molecule has 0 aliphatic carbocycles. The van der Waals surface area contributed by atoms with Crippen LogP contribution >= 0.6 is 11.3 Å². The molecule has 0 aliphatic heterocycles. The van der Waals surface area contributed by atoms with Gasteiger partial charge in [-0.05, 0) is 5.56 Å². The maximum absolute atomic E-state index is 12.3. The van der Waals surface area contributed by atoms with Crippen LogP contribution in [0.1, 0.15) is 20.9 Å². The van der Waals surface area contributed by atoms with E-state index in [9.17, 15) is 14.0 Å². The third-order valence-electron chi connectivity index (χ3n) is 2.46. The number of aromatic amines is 1. The molecule has 4 nitrogen and oxygen atoms in total. The van der Waals surface area contributed by atoms with Crippen molar-refractivity contribution in [2.45, 2.75) is 13.0 Å². The van der Waals surface area contributed by atoms with Crippen LogP contribution in [0.2, 0.25) is 0 Å². The molecule has 0 saturated carbocycles. The third-order valence-corrected chi connectivity index (χ3v) is 3.37. The van der Waals surface area contributed by atoms with Crippen LogP contribution in [0.15, 0.2) is 35.1 Å².